The van der Waals surface area contributed by atoms with Crippen molar-refractivity contribution < 1.29 is 14.6 Å². The maximum atomic E-state index is 12.2. The van der Waals surface area contributed by atoms with Crippen LogP contribution in [0, 0.1) is 5.92 Å². The molecule has 0 radical (unpaired) electrons. The summed E-state index contributed by atoms with van der Waals surface area (Å²) >= 11 is 0. The lowest BCUT2D eigenvalue weighted by Crippen LogP contribution is -2.37. The van der Waals surface area contributed by atoms with Crippen molar-refractivity contribution in [3.8, 4) is 11.5 Å². The van der Waals surface area contributed by atoms with Gasteiger partial charge in [0.05, 0.1) is 13.5 Å². The van der Waals surface area contributed by atoms with E-state index < -0.39 is 0 Å². The van der Waals surface area contributed by atoms with Gasteiger partial charge in [-0.3, -0.25) is 4.79 Å². The van der Waals surface area contributed by atoms with E-state index in [2.05, 4.69) is 25.2 Å². The highest BCUT2D eigenvalue weighted by Gasteiger charge is 2.18. The molecule has 0 heterocycles. The molecule has 1 aromatic rings. The van der Waals surface area contributed by atoms with Crippen molar-refractivity contribution in [2.45, 2.75) is 58.4 Å². The first kappa shape index (κ1) is 18.4. The summed E-state index contributed by atoms with van der Waals surface area (Å²) in [6.45, 7) is 4.47. The average molecular weight is 331 g/mol. The number of hydrogen-bond acceptors (Lipinski definition) is 3. The number of ether oxygens (including phenoxy) is 1. The maximum Gasteiger partial charge on any atom is 0.224 e. The number of aromatic hydroxyl groups is 1. The van der Waals surface area contributed by atoms with E-state index in [1.807, 2.05) is 0 Å². The first-order chi connectivity index (χ1) is 11.5. The number of carbonyl (C=O) groups excluding carboxylic acids is 1. The third-order valence-electron chi connectivity index (χ3n) is 4.48. The van der Waals surface area contributed by atoms with E-state index in [1.165, 1.54) is 12.7 Å². The Morgan fingerprint density at radius 3 is 2.71 bits per heavy atom. The highest BCUT2D eigenvalue weighted by atomic mass is 16.5. The van der Waals surface area contributed by atoms with Crippen LogP contribution < -0.4 is 10.1 Å². The van der Waals surface area contributed by atoms with Crippen LogP contribution in [0.5, 0.6) is 11.5 Å². The Labute approximate surface area is 144 Å². The molecular formula is C20H29NO3. The van der Waals surface area contributed by atoms with E-state index in [9.17, 15) is 9.90 Å². The molecule has 1 amide bonds. The summed E-state index contributed by atoms with van der Waals surface area (Å²) < 4.78 is 5.08. The summed E-state index contributed by atoms with van der Waals surface area (Å²) in [6, 6.07) is 5.30. The Hall–Kier alpha value is -1.97. The van der Waals surface area contributed by atoms with E-state index in [0.717, 1.165) is 37.7 Å². The Morgan fingerprint density at radius 1 is 1.38 bits per heavy atom. The number of carbonyl (C=O) groups is 1. The fourth-order valence-corrected chi connectivity index (χ4v) is 3.04. The molecular weight excluding hydrogens is 302 g/mol. The summed E-state index contributed by atoms with van der Waals surface area (Å²) in [6.07, 6.45) is 8.06. The zero-order chi connectivity index (χ0) is 17.5. The van der Waals surface area contributed by atoms with Crippen molar-refractivity contribution in [1.82, 2.24) is 5.32 Å². The van der Waals surface area contributed by atoms with Crippen molar-refractivity contribution in [3.63, 3.8) is 0 Å². The summed E-state index contributed by atoms with van der Waals surface area (Å²) in [5.41, 5.74) is 2.38. The SMILES string of the molecule is COc1cc(CC(=O)NC2CCC(=CCC(C)C)CC2)ccc1O. The highest BCUT2D eigenvalue weighted by Crippen LogP contribution is 2.27. The van der Waals surface area contributed by atoms with Crippen molar-refractivity contribution in [3.05, 3.63) is 35.4 Å². The minimum atomic E-state index is 0.0300. The first-order valence-corrected chi connectivity index (χ1v) is 8.81. The second kappa shape index (κ2) is 8.76. The quantitative estimate of drug-likeness (QED) is 0.775. The zero-order valence-corrected chi connectivity index (χ0v) is 15.0. The first-order valence-electron chi connectivity index (χ1n) is 8.81. The fourth-order valence-electron chi connectivity index (χ4n) is 3.04. The highest BCUT2D eigenvalue weighted by molar-refractivity contribution is 5.79. The molecule has 4 nitrogen and oxygen atoms in total. The predicted octanol–water partition coefficient (Wildman–Crippen LogP) is 3.97. The topological polar surface area (TPSA) is 58.6 Å². The van der Waals surface area contributed by atoms with Crippen LogP contribution in [0.25, 0.3) is 0 Å². The standard InChI is InChI=1S/C20H29NO3/c1-14(2)4-5-15-6-9-17(10-7-15)21-20(23)13-16-8-11-18(22)19(12-16)24-3/h5,8,11-12,14,17,22H,4,6-7,9-10,13H2,1-3H3,(H,21,23). The summed E-state index contributed by atoms with van der Waals surface area (Å²) in [4.78, 5) is 12.2. The molecule has 0 saturated heterocycles. The Kier molecular flexibility index (Phi) is 6.71. The lowest BCUT2D eigenvalue weighted by molar-refractivity contribution is -0.121. The lowest BCUT2D eigenvalue weighted by Gasteiger charge is -2.25. The largest absolute Gasteiger partial charge is 0.504 e. The van der Waals surface area contributed by atoms with Gasteiger partial charge < -0.3 is 15.2 Å². The molecule has 1 aliphatic rings. The Bertz CT molecular complexity index is 583. The molecule has 132 valence electrons. The number of phenolic OH excluding ortho intramolecular Hbond substituents is 1. The minimum absolute atomic E-state index is 0.0300. The molecule has 0 aliphatic heterocycles. The third kappa shape index (κ3) is 5.59. The van der Waals surface area contributed by atoms with Gasteiger partial charge in [0.15, 0.2) is 11.5 Å². The van der Waals surface area contributed by atoms with Crippen LogP contribution in [0.1, 0.15) is 51.5 Å². The second-order valence-corrected chi connectivity index (χ2v) is 7.02. The van der Waals surface area contributed by atoms with Crippen LogP contribution in [0.4, 0.5) is 0 Å². The van der Waals surface area contributed by atoms with E-state index >= 15 is 0 Å². The molecule has 0 atom stereocenters. The summed E-state index contributed by atoms with van der Waals surface area (Å²) in [5.74, 6) is 1.23. The van der Waals surface area contributed by atoms with Gasteiger partial charge >= 0.3 is 0 Å². The number of benzene rings is 1. The minimum Gasteiger partial charge on any atom is -0.504 e. The van der Waals surface area contributed by atoms with E-state index in [-0.39, 0.29) is 17.7 Å². The molecule has 0 unspecified atom stereocenters. The molecule has 1 saturated carbocycles. The van der Waals surface area contributed by atoms with Gasteiger partial charge in [0, 0.05) is 6.04 Å². The van der Waals surface area contributed by atoms with Gasteiger partial charge in [-0.2, -0.15) is 0 Å². The van der Waals surface area contributed by atoms with Crippen LogP contribution >= 0.6 is 0 Å². The average Bonchev–Trinajstić information content (AvgIpc) is 2.56. The van der Waals surface area contributed by atoms with Crippen molar-refractivity contribution >= 4 is 5.91 Å². The number of rotatable bonds is 6. The molecule has 0 spiro atoms. The third-order valence-corrected chi connectivity index (χ3v) is 4.48. The number of amides is 1. The van der Waals surface area contributed by atoms with Crippen molar-refractivity contribution in [2.24, 2.45) is 5.92 Å². The molecule has 1 aliphatic carbocycles. The number of nitrogens with one attached hydrogen (secondary N) is 1. The van der Waals surface area contributed by atoms with E-state index in [0.29, 0.717) is 18.1 Å². The maximum absolute atomic E-state index is 12.2. The van der Waals surface area contributed by atoms with Gasteiger partial charge in [0.2, 0.25) is 5.91 Å². The van der Waals surface area contributed by atoms with Crippen LogP contribution in [0.2, 0.25) is 0 Å². The molecule has 1 aromatic carbocycles. The second-order valence-electron chi connectivity index (χ2n) is 7.02. The van der Waals surface area contributed by atoms with Gasteiger partial charge in [0.1, 0.15) is 0 Å². The predicted molar refractivity (Wildman–Crippen MR) is 96.3 cm³/mol. The van der Waals surface area contributed by atoms with Crippen LogP contribution in [0.15, 0.2) is 29.8 Å². The van der Waals surface area contributed by atoms with E-state index in [4.69, 9.17) is 4.74 Å². The van der Waals surface area contributed by atoms with Gasteiger partial charge in [-0.15, -0.1) is 0 Å². The van der Waals surface area contributed by atoms with Gasteiger partial charge in [-0.1, -0.05) is 31.6 Å². The molecule has 0 aromatic heterocycles. The summed E-state index contributed by atoms with van der Waals surface area (Å²) in [5, 5.41) is 12.7. The van der Waals surface area contributed by atoms with Crippen molar-refractivity contribution in [1.29, 1.82) is 0 Å². The van der Waals surface area contributed by atoms with Crippen LogP contribution in [0.3, 0.4) is 0 Å². The number of methoxy groups -OCH3 is 1. The molecule has 0 bridgehead atoms. The molecule has 24 heavy (non-hydrogen) atoms. The fraction of sp³-hybridized carbons (Fsp3) is 0.550. The Morgan fingerprint density at radius 2 is 2.08 bits per heavy atom. The molecule has 1 fully saturated rings. The number of phenols is 1. The number of allylic oxidation sites excluding steroid dienone is 2. The normalized spacial score (nSPS) is 17.7. The molecule has 4 heteroatoms. The number of hydrogen-bond donors (Lipinski definition) is 2. The smallest absolute Gasteiger partial charge is 0.224 e. The zero-order valence-electron chi connectivity index (χ0n) is 15.0. The lowest BCUT2D eigenvalue weighted by atomic mass is 9.89. The van der Waals surface area contributed by atoms with Gasteiger partial charge in [0.25, 0.3) is 0 Å². The van der Waals surface area contributed by atoms with Crippen LogP contribution in [-0.4, -0.2) is 24.2 Å². The summed E-state index contributed by atoms with van der Waals surface area (Å²) in [7, 11) is 1.51. The van der Waals surface area contributed by atoms with Gasteiger partial charge in [-0.25, -0.2) is 0 Å². The van der Waals surface area contributed by atoms with Gasteiger partial charge in [-0.05, 0) is 55.7 Å². The van der Waals surface area contributed by atoms with Crippen molar-refractivity contribution in [2.75, 3.05) is 7.11 Å². The Balaban J connectivity index is 1.80. The molecule has 2 N–H and O–H groups in total. The molecule has 2 rings (SSSR count). The van der Waals surface area contributed by atoms with E-state index in [1.54, 1.807) is 18.2 Å². The van der Waals surface area contributed by atoms with Crippen LogP contribution in [-0.2, 0) is 11.2 Å². The monoisotopic (exact) mass is 331 g/mol.